The van der Waals surface area contributed by atoms with Crippen LogP contribution in [0.15, 0.2) is 158 Å². The molecule has 0 unspecified atom stereocenters. The van der Waals surface area contributed by atoms with Crippen LogP contribution in [0.2, 0.25) is 0 Å². The van der Waals surface area contributed by atoms with Gasteiger partial charge in [0.25, 0.3) is 0 Å². The highest BCUT2D eigenvalue weighted by Gasteiger charge is 2.23. The van der Waals surface area contributed by atoms with E-state index in [-0.39, 0.29) is 0 Å². The van der Waals surface area contributed by atoms with E-state index in [4.69, 9.17) is 0 Å². The van der Waals surface area contributed by atoms with Crippen molar-refractivity contribution in [2.75, 3.05) is 0 Å². The molecular formula is C44H26N4. The van der Waals surface area contributed by atoms with Crippen LogP contribution in [0.25, 0.3) is 77.2 Å². The van der Waals surface area contributed by atoms with Gasteiger partial charge < -0.3 is 9.13 Å². The first-order chi connectivity index (χ1) is 23.8. The minimum Gasteiger partial charge on any atom is -0.309 e. The SMILES string of the molecule is N#Cc1ccc(-c2ccccc2-c2ccccc2-n2c3ccccc3c3ccccc32)c(C#N)c1-n1c2ccccc2c2ccccc21. The van der Waals surface area contributed by atoms with E-state index in [2.05, 4.69) is 130 Å². The van der Waals surface area contributed by atoms with Crippen molar-refractivity contribution in [3.63, 3.8) is 0 Å². The summed E-state index contributed by atoms with van der Waals surface area (Å²) in [6.07, 6.45) is 0. The van der Waals surface area contributed by atoms with Crippen molar-refractivity contribution in [3.05, 3.63) is 169 Å². The molecule has 222 valence electrons. The van der Waals surface area contributed by atoms with Gasteiger partial charge in [0.15, 0.2) is 0 Å². The Morgan fingerprint density at radius 1 is 0.354 bits per heavy atom. The molecule has 4 heteroatoms. The quantitative estimate of drug-likeness (QED) is 0.199. The molecule has 4 nitrogen and oxygen atoms in total. The maximum Gasteiger partial charge on any atom is 0.102 e. The number of para-hydroxylation sites is 5. The van der Waals surface area contributed by atoms with Crippen molar-refractivity contribution in [3.8, 4) is 45.8 Å². The molecule has 7 aromatic carbocycles. The average molecular weight is 611 g/mol. The van der Waals surface area contributed by atoms with E-state index < -0.39 is 0 Å². The Balaban J connectivity index is 1.34. The first-order valence-corrected chi connectivity index (χ1v) is 15.9. The summed E-state index contributed by atoms with van der Waals surface area (Å²) in [6.45, 7) is 0. The van der Waals surface area contributed by atoms with Crippen LogP contribution in [0.1, 0.15) is 11.1 Å². The molecule has 0 aliphatic heterocycles. The number of nitrogens with zero attached hydrogens (tertiary/aromatic N) is 4. The van der Waals surface area contributed by atoms with E-state index in [9.17, 15) is 10.5 Å². The van der Waals surface area contributed by atoms with Gasteiger partial charge >= 0.3 is 0 Å². The molecule has 48 heavy (non-hydrogen) atoms. The van der Waals surface area contributed by atoms with Crippen LogP contribution in [0.3, 0.4) is 0 Å². The molecule has 0 saturated heterocycles. The highest BCUT2D eigenvalue weighted by Crippen LogP contribution is 2.42. The second kappa shape index (κ2) is 10.9. The monoisotopic (exact) mass is 610 g/mol. The third-order valence-electron chi connectivity index (χ3n) is 9.45. The Hall–Kier alpha value is -6.88. The fourth-order valence-corrected chi connectivity index (χ4v) is 7.45. The Bertz CT molecular complexity index is 2710. The fraction of sp³-hybridized carbons (Fsp3) is 0. The van der Waals surface area contributed by atoms with Gasteiger partial charge in [0.1, 0.15) is 12.1 Å². The molecule has 0 N–H and O–H groups in total. The normalized spacial score (nSPS) is 11.3. The van der Waals surface area contributed by atoms with Crippen LogP contribution < -0.4 is 0 Å². The van der Waals surface area contributed by atoms with Crippen LogP contribution >= 0.6 is 0 Å². The minimum absolute atomic E-state index is 0.449. The predicted molar refractivity (Wildman–Crippen MR) is 195 cm³/mol. The summed E-state index contributed by atoms with van der Waals surface area (Å²) in [5.74, 6) is 0. The maximum atomic E-state index is 10.9. The number of hydrogen-bond acceptors (Lipinski definition) is 2. The van der Waals surface area contributed by atoms with Crippen molar-refractivity contribution >= 4 is 43.6 Å². The van der Waals surface area contributed by atoms with E-state index in [1.807, 2.05) is 48.5 Å². The Morgan fingerprint density at radius 2 is 0.771 bits per heavy atom. The lowest BCUT2D eigenvalue weighted by Gasteiger charge is -2.19. The molecule has 0 aliphatic carbocycles. The molecule has 0 fully saturated rings. The highest BCUT2D eigenvalue weighted by molar-refractivity contribution is 6.11. The molecule has 2 aromatic heterocycles. The molecule has 0 atom stereocenters. The number of hydrogen-bond donors (Lipinski definition) is 0. The lowest BCUT2D eigenvalue weighted by molar-refractivity contribution is 1.16. The number of nitriles is 2. The first kappa shape index (κ1) is 27.4. The molecule has 9 rings (SSSR count). The van der Waals surface area contributed by atoms with Gasteiger partial charge in [-0.05, 0) is 47.5 Å². The summed E-state index contributed by atoms with van der Waals surface area (Å²) >= 11 is 0. The second-order valence-electron chi connectivity index (χ2n) is 11.9. The summed E-state index contributed by atoms with van der Waals surface area (Å²) < 4.78 is 4.42. The van der Waals surface area contributed by atoms with Crippen molar-refractivity contribution in [2.45, 2.75) is 0 Å². The summed E-state index contributed by atoms with van der Waals surface area (Å²) in [7, 11) is 0. The van der Waals surface area contributed by atoms with Crippen LogP contribution in [0, 0.1) is 22.7 Å². The van der Waals surface area contributed by atoms with E-state index in [0.717, 1.165) is 60.8 Å². The van der Waals surface area contributed by atoms with Gasteiger partial charge in [-0.3, -0.25) is 0 Å². The van der Waals surface area contributed by atoms with Gasteiger partial charge in [0.2, 0.25) is 0 Å². The second-order valence-corrected chi connectivity index (χ2v) is 11.9. The van der Waals surface area contributed by atoms with Crippen LogP contribution in [0.4, 0.5) is 0 Å². The largest absolute Gasteiger partial charge is 0.309 e. The zero-order valence-corrected chi connectivity index (χ0v) is 25.8. The fourth-order valence-electron chi connectivity index (χ4n) is 7.45. The number of fused-ring (bicyclic) bond motifs is 6. The molecule has 0 saturated carbocycles. The van der Waals surface area contributed by atoms with Gasteiger partial charge in [-0.15, -0.1) is 0 Å². The lowest BCUT2D eigenvalue weighted by Crippen LogP contribution is -2.04. The molecule has 0 spiro atoms. The zero-order chi connectivity index (χ0) is 32.2. The van der Waals surface area contributed by atoms with Gasteiger partial charge in [-0.2, -0.15) is 10.5 Å². The van der Waals surface area contributed by atoms with E-state index in [1.165, 1.54) is 10.8 Å². The Morgan fingerprint density at radius 3 is 1.27 bits per heavy atom. The minimum atomic E-state index is 0.449. The number of aromatic nitrogens is 2. The third-order valence-corrected chi connectivity index (χ3v) is 9.45. The molecule has 9 aromatic rings. The van der Waals surface area contributed by atoms with Crippen LogP contribution in [-0.4, -0.2) is 9.13 Å². The van der Waals surface area contributed by atoms with Crippen LogP contribution in [0.5, 0.6) is 0 Å². The van der Waals surface area contributed by atoms with Crippen molar-refractivity contribution in [1.82, 2.24) is 9.13 Å². The van der Waals surface area contributed by atoms with E-state index in [1.54, 1.807) is 0 Å². The van der Waals surface area contributed by atoms with Crippen molar-refractivity contribution in [2.24, 2.45) is 0 Å². The molecule has 0 bridgehead atoms. The summed E-state index contributed by atoms with van der Waals surface area (Å²) in [5, 5.41) is 25.9. The van der Waals surface area contributed by atoms with Gasteiger partial charge in [0, 0.05) is 32.7 Å². The smallest absolute Gasteiger partial charge is 0.102 e. The first-order valence-electron chi connectivity index (χ1n) is 15.9. The average Bonchev–Trinajstić information content (AvgIpc) is 3.67. The number of benzene rings is 7. The van der Waals surface area contributed by atoms with E-state index >= 15 is 0 Å². The Labute approximate surface area is 277 Å². The summed E-state index contributed by atoms with van der Waals surface area (Å²) in [5.41, 5.74) is 10.5. The van der Waals surface area contributed by atoms with E-state index in [0.29, 0.717) is 16.8 Å². The third kappa shape index (κ3) is 3.94. The van der Waals surface area contributed by atoms with Gasteiger partial charge in [-0.1, -0.05) is 121 Å². The molecule has 0 radical (unpaired) electrons. The molecule has 0 amide bonds. The maximum absolute atomic E-state index is 10.9. The van der Waals surface area contributed by atoms with Crippen molar-refractivity contribution in [1.29, 1.82) is 10.5 Å². The Kier molecular flexibility index (Phi) is 6.22. The predicted octanol–water partition coefficient (Wildman–Crippen LogP) is 11.0. The number of rotatable bonds is 4. The molecule has 2 heterocycles. The molecule has 0 aliphatic rings. The van der Waals surface area contributed by atoms with Gasteiger partial charge in [0.05, 0.1) is 44.6 Å². The summed E-state index contributed by atoms with van der Waals surface area (Å²) in [6, 6.07) is 58.8. The lowest BCUT2D eigenvalue weighted by atomic mass is 9.89. The summed E-state index contributed by atoms with van der Waals surface area (Å²) in [4.78, 5) is 0. The highest BCUT2D eigenvalue weighted by atomic mass is 15.0. The standard InChI is InChI=1S/C44H26N4/c45-27-29-25-26-32(38(28-46)44(29)48-42-23-11-6-18-36(42)37-19-7-12-24-43(37)48)30-13-1-2-14-31(30)33-15-3-8-20-39(33)47-40-21-9-4-16-34(40)35-17-5-10-22-41(35)47/h1-26H. The van der Waals surface area contributed by atoms with Gasteiger partial charge in [-0.25, -0.2) is 0 Å². The molecular weight excluding hydrogens is 585 g/mol. The van der Waals surface area contributed by atoms with Crippen molar-refractivity contribution < 1.29 is 0 Å². The topological polar surface area (TPSA) is 57.4 Å². The zero-order valence-electron chi connectivity index (χ0n) is 25.8. The van der Waals surface area contributed by atoms with Crippen LogP contribution in [-0.2, 0) is 0 Å².